The number of hydrogen-bond acceptors (Lipinski definition) is 3. The molecule has 0 aromatic heterocycles. The van der Waals surface area contributed by atoms with Crippen molar-refractivity contribution >= 4 is 5.97 Å². The van der Waals surface area contributed by atoms with Gasteiger partial charge in [-0.15, -0.1) is 0 Å². The maximum Gasteiger partial charge on any atom is 0.330 e. The lowest BCUT2D eigenvalue weighted by molar-refractivity contribution is -0.140. The van der Waals surface area contributed by atoms with Crippen molar-refractivity contribution in [3.63, 3.8) is 0 Å². The van der Waals surface area contributed by atoms with E-state index in [9.17, 15) is 4.79 Å². The van der Waals surface area contributed by atoms with Gasteiger partial charge in [-0.25, -0.2) is 4.79 Å². The lowest BCUT2D eigenvalue weighted by Gasteiger charge is -2.31. The van der Waals surface area contributed by atoms with E-state index < -0.39 is 0 Å². The van der Waals surface area contributed by atoms with Crippen LogP contribution >= 0.6 is 0 Å². The lowest BCUT2D eigenvalue weighted by Crippen LogP contribution is -2.31. The third-order valence-electron chi connectivity index (χ3n) is 5.19. The zero-order chi connectivity index (χ0) is 12.5. The van der Waals surface area contributed by atoms with E-state index in [2.05, 4.69) is 6.58 Å². The Morgan fingerprint density at radius 2 is 2.00 bits per heavy atom. The van der Waals surface area contributed by atoms with Crippen LogP contribution in [0.15, 0.2) is 12.7 Å². The van der Waals surface area contributed by atoms with Gasteiger partial charge in [-0.2, -0.15) is 0 Å². The molecule has 18 heavy (non-hydrogen) atoms. The molecule has 0 aromatic carbocycles. The van der Waals surface area contributed by atoms with Crippen LogP contribution in [0.2, 0.25) is 0 Å². The van der Waals surface area contributed by atoms with Gasteiger partial charge in [0.2, 0.25) is 0 Å². The van der Waals surface area contributed by atoms with Crippen molar-refractivity contribution in [1.29, 1.82) is 0 Å². The molecule has 3 heteroatoms. The second kappa shape index (κ2) is 5.04. The van der Waals surface area contributed by atoms with E-state index in [4.69, 9.17) is 9.47 Å². The van der Waals surface area contributed by atoms with Gasteiger partial charge in [0.05, 0.1) is 12.7 Å². The quantitative estimate of drug-likeness (QED) is 0.427. The zero-order valence-electron chi connectivity index (χ0n) is 10.8. The largest absolute Gasteiger partial charge is 0.460 e. The Hall–Kier alpha value is -0.830. The van der Waals surface area contributed by atoms with Crippen LogP contribution < -0.4 is 0 Å². The molecule has 3 aliphatic carbocycles. The van der Waals surface area contributed by atoms with Crippen LogP contribution in [0.25, 0.3) is 0 Å². The zero-order valence-corrected chi connectivity index (χ0v) is 10.8. The summed E-state index contributed by atoms with van der Waals surface area (Å²) in [7, 11) is 0. The topological polar surface area (TPSA) is 35.5 Å². The van der Waals surface area contributed by atoms with Crippen LogP contribution in [0.5, 0.6) is 0 Å². The first-order chi connectivity index (χ1) is 8.79. The fraction of sp³-hybridized carbons (Fsp3) is 0.800. The average Bonchev–Trinajstić information content (AvgIpc) is 3.05. The summed E-state index contributed by atoms with van der Waals surface area (Å²) in [5.41, 5.74) is 0. The molecular formula is C15H22O3. The predicted molar refractivity (Wildman–Crippen MR) is 67.9 cm³/mol. The molecule has 3 rings (SSSR count). The highest BCUT2D eigenvalue weighted by Crippen LogP contribution is 2.59. The van der Waals surface area contributed by atoms with E-state index in [0.29, 0.717) is 19.3 Å². The SMILES string of the molecule is C=CC(=O)OCCO[C@H]1C[C@H]2C[C@@H]1[C@@H]1CCC[C@H]21. The first kappa shape index (κ1) is 12.2. The number of ether oxygens (including phenoxy) is 2. The summed E-state index contributed by atoms with van der Waals surface area (Å²) in [5, 5.41) is 0. The fourth-order valence-corrected chi connectivity index (χ4v) is 4.60. The molecule has 3 nitrogen and oxygen atoms in total. The monoisotopic (exact) mass is 250 g/mol. The first-order valence-electron chi connectivity index (χ1n) is 7.20. The highest BCUT2D eigenvalue weighted by atomic mass is 16.6. The summed E-state index contributed by atoms with van der Waals surface area (Å²) < 4.78 is 10.9. The molecule has 0 N–H and O–H groups in total. The Bertz CT molecular complexity index is 339. The second-order valence-electron chi connectivity index (χ2n) is 5.93. The molecule has 100 valence electrons. The molecule has 3 fully saturated rings. The van der Waals surface area contributed by atoms with Crippen LogP contribution in [-0.4, -0.2) is 25.3 Å². The molecule has 3 saturated carbocycles. The van der Waals surface area contributed by atoms with E-state index >= 15 is 0 Å². The summed E-state index contributed by atoms with van der Waals surface area (Å²) in [6.45, 7) is 4.26. The minimum atomic E-state index is -0.359. The molecule has 3 aliphatic rings. The van der Waals surface area contributed by atoms with E-state index in [-0.39, 0.29) is 5.97 Å². The van der Waals surface area contributed by atoms with Crippen molar-refractivity contribution in [2.75, 3.05) is 13.2 Å². The number of carbonyl (C=O) groups excluding carboxylic acids is 1. The van der Waals surface area contributed by atoms with E-state index in [0.717, 1.165) is 23.7 Å². The molecule has 5 atom stereocenters. The van der Waals surface area contributed by atoms with Crippen LogP contribution in [0, 0.1) is 23.7 Å². The molecule has 0 aliphatic heterocycles. The van der Waals surface area contributed by atoms with Crippen molar-refractivity contribution in [3.05, 3.63) is 12.7 Å². The van der Waals surface area contributed by atoms with Gasteiger partial charge in [-0.3, -0.25) is 0 Å². The summed E-state index contributed by atoms with van der Waals surface area (Å²) in [6.07, 6.45) is 8.53. The van der Waals surface area contributed by atoms with Crippen molar-refractivity contribution < 1.29 is 14.3 Å². The molecule has 0 heterocycles. The third-order valence-corrected chi connectivity index (χ3v) is 5.19. The van der Waals surface area contributed by atoms with Gasteiger partial charge in [0, 0.05) is 6.08 Å². The van der Waals surface area contributed by atoms with Gasteiger partial charge in [0.1, 0.15) is 6.61 Å². The Morgan fingerprint density at radius 1 is 1.17 bits per heavy atom. The minimum Gasteiger partial charge on any atom is -0.460 e. The highest BCUT2D eigenvalue weighted by Gasteiger charge is 2.54. The number of hydrogen-bond donors (Lipinski definition) is 0. The normalized spacial score (nSPS) is 40.8. The Labute approximate surface area is 109 Å². The summed E-state index contributed by atoms with van der Waals surface area (Å²) in [5.74, 6) is 3.29. The van der Waals surface area contributed by atoms with E-state index in [1.807, 2.05) is 0 Å². The van der Waals surface area contributed by atoms with Crippen LogP contribution in [0.3, 0.4) is 0 Å². The van der Waals surface area contributed by atoms with Crippen LogP contribution in [-0.2, 0) is 14.3 Å². The predicted octanol–water partition coefficient (Wildman–Crippen LogP) is 2.56. The van der Waals surface area contributed by atoms with Crippen molar-refractivity contribution in [1.82, 2.24) is 0 Å². The number of esters is 1. The number of carbonyl (C=O) groups is 1. The fourth-order valence-electron chi connectivity index (χ4n) is 4.60. The van der Waals surface area contributed by atoms with E-state index in [1.54, 1.807) is 0 Å². The second-order valence-corrected chi connectivity index (χ2v) is 5.93. The molecule has 0 amide bonds. The Morgan fingerprint density at radius 3 is 2.83 bits per heavy atom. The molecule has 0 unspecified atom stereocenters. The molecule has 0 radical (unpaired) electrons. The highest BCUT2D eigenvalue weighted by molar-refractivity contribution is 5.81. The van der Waals surface area contributed by atoms with Gasteiger partial charge in [-0.1, -0.05) is 13.0 Å². The van der Waals surface area contributed by atoms with Crippen LogP contribution in [0.4, 0.5) is 0 Å². The van der Waals surface area contributed by atoms with Gasteiger partial charge in [0.25, 0.3) is 0 Å². The smallest absolute Gasteiger partial charge is 0.330 e. The standard InChI is InChI=1S/C15H22O3/c1-2-15(16)18-7-6-17-14-9-10-8-13(14)12-5-3-4-11(10)12/h2,10-14H,1,3-9H2/t10-,11-,12-,13-,14+/m1/s1. The first-order valence-corrected chi connectivity index (χ1v) is 7.20. The van der Waals surface area contributed by atoms with E-state index in [1.165, 1.54) is 38.2 Å². The summed E-state index contributed by atoms with van der Waals surface area (Å²) in [4.78, 5) is 10.9. The molecule has 0 spiro atoms. The van der Waals surface area contributed by atoms with Crippen LogP contribution in [0.1, 0.15) is 32.1 Å². The van der Waals surface area contributed by atoms with Gasteiger partial charge < -0.3 is 9.47 Å². The third kappa shape index (κ3) is 2.09. The lowest BCUT2D eigenvalue weighted by atomic mass is 9.80. The number of fused-ring (bicyclic) bond motifs is 5. The molecule has 2 bridgehead atoms. The average molecular weight is 250 g/mol. The maximum atomic E-state index is 10.9. The van der Waals surface area contributed by atoms with Gasteiger partial charge in [0.15, 0.2) is 0 Å². The van der Waals surface area contributed by atoms with Gasteiger partial charge >= 0.3 is 5.97 Å². The summed E-state index contributed by atoms with van der Waals surface area (Å²) >= 11 is 0. The summed E-state index contributed by atoms with van der Waals surface area (Å²) in [6, 6.07) is 0. The Balaban J connectivity index is 1.43. The number of rotatable bonds is 5. The molecule has 0 saturated heterocycles. The maximum absolute atomic E-state index is 10.9. The van der Waals surface area contributed by atoms with Gasteiger partial charge in [-0.05, 0) is 49.4 Å². The van der Waals surface area contributed by atoms with Crippen molar-refractivity contribution in [3.8, 4) is 0 Å². The molecule has 0 aromatic rings. The molecular weight excluding hydrogens is 228 g/mol. The van der Waals surface area contributed by atoms with Crippen molar-refractivity contribution in [2.45, 2.75) is 38.2 Å². The minimum absolute atomic E-state index is 0.354. The van der Waals surface area contributed by atoms with Crippen molar-refractivity contribution in [2.24, 2.45) is 23.7 Å². The Kier molecular flexibility index (Phi) is 3.42.